The van der Waals surface area contributed by atoms with Gasteiger partial charge in [-0.1, -0.05) is 20.3 Å². The van der Waals surface area contributed by atoms with Gasteiger partial charge in [-0.2, -0.15) is 0 Å². The molecule has 1 aromatic heterocycles. The fourth-order valence-corrected chi connectivity index (χ4v) is 2.78. The molecule has 1 saturated carbocycles. The summed E-state index contributed by atoms with van der Waals surface area (Å²) in [5.74, 6) is -1.35. The van der Waals surface area contributed by atoms with Gasteiger partial charge in [-0.05, 0) is 36.8 Å². The van der Waals surface area contributed by atoms with Crippen molar-refractivity contribution >= 4 is 11.9 Å². The monoisotopic (exact) mass is 276 g/mol. The Balaban J connectivity index is 2.05. The third kappa shape index (κ3) is 3.56. The number of nitrogens with zero attached hydrogens (tertiary/aromatic N) is 1. The molecular weight excluding hydrogens is 256 g/mol. The molecule has 2 rings (SSSR count). The van der Waals surface area contributed by atoms with E-state index >= 15 is 0 Å². The third-order valence-corrected chi connectivity index (χ3v) is 3.78. The van der Waals surface area contributed by atoms with Gasteiger partial charge in [-0.25, -0.2) is 9.78 Å². The summed E-state index contributed by atoms with van der Waals surface area (Å²) in [6.45, 7) is 4.42. The summed E-state index contributed by atoms with van der Waals surface area (Å²) >= 11 is 0. The van der Waals surface area contributed by atoms with Crippen LogP contribution in [-0.4, -0.2) is 28.0 Å². The van der Waals surface area contributed by atoms with Crippen LogP contribution in [0.2, 0.25) is 0 Å². The van der Waals surface area contributed by atoms with Crippen LogP contribution in [0.5, 0.6) is 0 Å². The van der Waals surface area contributed by atoms with Crippen LogP contribution in [0.3, 0.4) is 0 Å². The molecule has 1 aromatic rings. The first kappa shape index (κ1) is 14.5. The van der Waals surface area contributed by atoms with Gasteiger partial charge in [0, 0.05) is 17.8 Å². The Labute approximate surface area is 118 Å². The highest BCUT2D eigenvalue weighted by molar-refractivity contribution is 5.96. The molecule has 1 aliphatic rings. The number of rotatable bonds is 3. The van der Waals surface area contributed by atoms with Crippen molar-refractivity contribution in [3.8, 4) is 0 Å². The molecule has 20 heavy (non-hydrogen) atoms. The van der Waals surface area contributed by atoms with Gasteiger partial charge in [-0.3, -0.25) is 4.79 Å². The highest BCUT2D eigenvalue weighted by Gasteiger charge is 2.29. The Morgan fingerprint density at radius 2 is 2.20 bits per heavy atom. The average molecular weight is 276 g/mol. The Hall–Kier alpha value is -1.91. The van der Waals surface area contributed by atoms with E-state index in [1.54, 1.807) is 0 Å². The number of pyridine rings is 1. The minimum atomic E-state index is -1.13. The second kappa shape index (κ2) is 5.61. The smallest absolute Gasteiger partial charge is 0.354 e. The van der Waals surface area contributed by atoms with Crippen molar-refractivity contribution in [3.05, 3.63) is 29.6 Å². The molecule has 0 aliphatic heterocycles. The van der Waals surface area contributed by atoms with Crippen molar-refractivity contribution in [1.82, 2.24) is 10.3 Å². The summed E-state index contributed by atoms with van der Waals surface area (Å²) in [7, 11) is 0. The van der Waals surface area contributed by atoms with E-state index in [0.717, 1.165) is 19.3 Å². The summed E-state index contributed by atoms with van der Waals surface area (Å²) in [4.78, 5) is 26.7. The topological polar surface area (TPSA) is 79.3 Å². The molecule has 0 spiro atoms. The molecule has 1 aliphatic carbocycles. The lowest BCUT2D eigenvalue weighted by atomic mass is 9.75. The number of hydrogen-bond donors (Lipinski definition) is 2. The van der Waals surface area contributed by atoms with Crippen LogP contribution in [-0.2, 0) is 0 Å². The molecule has 1 fully saturated rings. The maximum absolute atomic E-state index is 12.2. The quantitative estimate of drug-likeness (QED) is 0.889. The second-order valence-corrected chi connectivity index (χ2v) is 6.17. The zero-order chi connectivity index (χ0) is 14.8. The first-order chi connectivity index (χ1) is 9.37. The summed E-state index contributed by atoms with van der Waals surface area (Å²) in [6, 6.07) is 3.01. The summed E-state index contributed by atoms with van der Waals surface area (Å²) < 4.78 is 0. The normalized spacial score (nSPS) is 21.2. The molecular formula is C15H20N2O3. The Morgan fingerprint density at radius 1 is 1.45 bits per heavy atom. The van der Waals surface area contributed by atoms with E-state index in [1.165, 1.54) is 24.8 Å². The SMILES string of the molecule is CC1(C)CCCC(NC(=O)c2ccnc(C(=O)O)c2)C1. The zero-order valence-electron chi connectivity index (χ0n) is 11.8. The Morgan fingerprint density at radius 3 is 2.85 bits per heavy atom. The van der Waals surface area contributed by atoms with Crippen LogP contribution in [0.1, 0.15) is 60.4 Å². The number of carbonyl (C=O) groups excluding carboxylic acids is 1. The lowest BCUT2D eigenvalue weighted by Gasteiger charge is -2.35. The molecule has 1 unspecified atom stereocenters. The van der Waals surface area contributed by atoms with Gasteiger partial charge in [0.25, 0.3) is 5.91 Å². The van der Waals surface area contributed by atoms with E-state index in [4.69, 9.17) is 5.11 Å². The van der Waals surface area contributed by atoms with Crippen molar-refractivity contribution < 1.29 is 14.7 Å². The zero-order valence-corrected chi connectivity index (χ0v) is 11.8. The van der Waals surface area contributed by atoms with Gasteiger partial charge in [-0.15, -0.1) is 0 Å². The summed E-state index contributed by atoms with van der Waals surface area (Å²) in [5.41, 5.74) is 0.489. The third-order valence-electron chi connectivity index (χ3n) is 3.78. The van der Waals surface area contributed by atoms with E-state index in [1.807, 2.05) is 0 Å². The lowest BCUT2D eigenvalue weighted by Crippen LogP contribution is -2.40. The number of nitrogens with one attached hydrogen (secondary N) is 1. The van der Waals surface area contributed by atoms with Gasteiger partial charge in [0.1, 0.15) is 5.69 Å². The molecule has 2 N–H and O–H groups in total. The molecule has 1 amide bonds. The first-order valence-electron chi connectivity index (χ1n) is 6.88. The fourth-order valence-electron chi connectivity index (χ4n) is 2.78. The molecule has 1 heterocycles. The largest absolute Gasteiger partial charge is 0.477 e. The van der Waals surface area contributed by atoms with Crippen LogP contribution < -0.4 is 5.32 Å². The molecule has 0 bridgehead atoms. The van der Waals surface area contributed by atoms with E-state index in [-0.39, 0.29) is 23.1 Å². The van der Waals surface area contributed by atoms with Gasteiger partial charge < -0.3 is 10.4 Å². The van der Waals surface area contributed by atoms with Crippen molar-refractivity contribution in [2.24, 2.45) is 5.41 Å². The minimum Gasteiger partial charge on any atom is -0.477 e. The van der Waals surface area contributed by atoms with Crippen molar-refractivity contribution in [2.45, 2.75) is 45.6 Å². The molecule has 0 saturated heterocycles. The maximum Gasteiger partial charge on any atom is 0.354 e. The first-order valence-corrected chi connectivity index (χ1v) is 6.88. The highest BCUT2D eigenvalue weighted by Crippen LogP contribution is 2.35. The number of carbonyl (C=O) groups is 2. The Bertz CT molecular complexity index is 526. The standard InChI is InChI=1S/C15H20N2O3/c1-15(2)6-3-4-11(9-15)17-13(18)10-5-7-16-12(8-10)14(19)20/h5,7-8,11H,3-4,6,9H2,1-2H3,(H,17,18)(H,19,20). The van der Waals surface area contributed by atoms with Gasteiger partial charge in [0.05, 0.1) is 0 Å². The van der Waals surface area contributed by atoms with Crippen LogP contribution in [0.25, 0.3) is 0 Å². The number of aromatic carboxylic acids is 1. The Kier molecular flexibility index (Phi) is 4.06. The van der Waals surface area contributed by atoms with Crippen molar-refractivity contribution in [3.63, 3.8) is 0 Å². The van der Waals surface area contributed by atoms with Gasteiger partial charge >= 0.3 is 5.97 Å². The van der Waals surface area contributed by atoms with Gasteiger partial charge in [0.15, 0.2) is 0 Å². The second-order valence-electron chi connectivity index (χ2n) is 6.17. The summed E-state index contributed by atoms with van der Waals surface area (Å²) in [5, 5.41) is 11.9. The molecule has 5 heteroatoms. The van der Waals surface area contributed by atoms with Gasteiger partial charge in [0.2, 0.25) is 0 Å². The molecule has 1 atom stereocenters. The van der Waals surface area contributed by atoms with Crippen LogP contribution in [0.15, 0.2) is 18.3 Å². The number of amides is 1. The lowest BCUT2D eigenvalue weighted by molar-refractivity contribution is 0.0690. The van der Waals surface area contributed by atoms with Crippen molar-refractivity contribution in [2.75, 3.05) is 0 Å². The molecule has 5 nitrogen and oxygen atoms in total. The minimum absolute atomic E-state index is 0.110. The predicted octanol–water partition coefficient (Wildman–Crippen LogP) is 2.48. The number of carboxylic acids is 1. The molecule has 108 valence electrons. The van der Waals surface area contributed by atoms with Crippen molar-refractivity contribution in [1.29, 1.82) is 0 Å². The predicted molar refractivity (Wildman–Crippen MR) is 74.7 cm³/mol. The number of carboxylic acid groups (broad SMARTS) is 1. The van der Waals surface area contributed by atoms with E-state index in [0.29, 0.717) is 5.56 Å². The number of hydrogen-bond acceptors (Lipinski definition) is 3. The average Bonchev–Trinajstić information content (AvgIpc) is 2.37. The van der Waals surface area contributed by atoms with E-state index in [2.05, 4.69) is 24.1 Å². The molecule has 0 aromatic carbocycles. The van der Waals surface area contributed by atoms with Crippen LogP contribution in [0, 0.1) is 5.41 Å². The van der Waals surface area contributed by atoms with Crippen LogP contribution >= 0.6 is 0 Å². The summed E-state index contributed by atoms with van der Waals surface area (Å²) in [6.07, 6.45) is 5.57. The maximum atomic E-state index is 12.2. The molecule has 0 radical (unpaired) electrons. The van der Waals surface area contributed by atoms with Crippen LogP contribution in [0.4, 0.5) is 0 Å². The number of aromatic nitrogens is 1. The van der Waals surface area contributed by atoms with E-state index in [9.17, 15) is 9.59 Å². The highest BCUT2D eigenvalue weighted by atomic mass is 16.4. The van der Waals surface area contributed by atoms with E-state index < -0.39 is 5.97 Å². The fraction of sp³-hybridized carbons (Fsp3) is 0.533.